The molecule has 0 saturated heterocycles. The topological polar surface area (TPSA) is 42.7 Å². The largest absolute Gasteiger partial charge is 0.353 e. The smallest absolute Gasteiger partial charge is 0.203 e. The van der Waals surface area contributed by atoms with Gasteiger partial charge in [0.1, 0.15) is 0 Å². The number of aryl methyl sites for hydroxylation is 1. The molecule has 4 heteroatoms. The Morgan fingerprint density at radius 2 is 2.18 bits per heavy atom. The first-order valence-electron chi connectivity index (χ1n) is 5.85. The molecule has 0 fully saturated rings. The van der Waals surface area contributed by atoms with E-state index in [-0.39, 0.29) is 0 Å². The van der Waals surface area contributed by atoms with Crippen LogP contribution >= 0.6 is 0 Å². The van der Waals surface area contributed by atoms with Crippen LogP contribution in [0.2, 0.25) is 0 Å². The van der Waals surface area contributed by atoms with E-state index in [1.807, 2.05) is 31.3 Å². The molecule has 0 atom stereocenters. The molecule has 2 rings (SSSR count). The SMILES string of the molecule is Cc1cccc(Cn2ccnc2NC(C)C)n1. The number of nitrogens with zero attached hydrogens (tertiary/aromatic N) is 3. The number of hydrogen-bond acceptors (Lipinski definition) is 3. The fourth-order valence-corrected chi connectivity index (χ4v) is 1.70. The number of imidazole rings is 1. The lowest BCUT2D eigenvalue weighted by molar-refractivity contribution is 0.754. The predicted octanol–water partition coefficient (Wildman–Crippen LogP) is 2.46. The zero-order valence-electron chi connectivity index (χ0n) is 10.5. The summed E-state index contributed by atoms with van der Waals surface area (Å²) in [6, 6.07) is 6.45. The molecule has 2 aromatic rings. The lowest BCUT2D eigenvalue weighted by Crippen LogP contribution is -2.15. The molecule has 0 aliphatic rings. The van der Waals surface area contributed by atoms with Crippen molar-refractivity contribution < 1.29 is 0 Å². The van der Waals surface area contributed by atoms with Crippen LogP contribution in [0.4, 0.5) is 5.95 Å². The fourth-order valence-electron chi connectivity index (χ4n) is 1.70. The highest BCUT2D eigenvalue weighted by molar-refractivity contribution is 5.28. The molecule has 0 amide bonds. The van der Waals surface area contributed by atoms with Crippen molar-refractivity contribution in [1.29, 1.82) is 0 Å². The summed E-state index contributed by atoms with van der Waals surface area (Å²) >= 11 is 0. The van der Waals surface area contributed by atoms with Crippen molar-refractivity contribution >= 4 is 5.95 Å². The van der Waals surface area contributed by atoms with Gasteiger partial charge in [0.25, 0.3) is 0 Å². The lowest BCUT2D eigenvalue weighted by atomic mass is 10.3. The molecule has 17 heavy (non-hydrogen) atoms. The van der Waals surface area contributed by atoms with E-state index in [0.29, 0.717) is 6.04 Å². The molecule has 0 radical (unpaired) electrons. The van der Waals surface area contributed by atoms with Crippen molar-refractivity contribution in [2.75, 3.05) is 5.32 Å². The third-order valence-corrected chi connectivity index (χ3v) is 2.41. The summed E-state index contributed by atoms with van der Waals surface area (Å²) in [5.41, 5.74) is 2.09. The van der Waals surface area contributed by atoms with Crippen LogP contribution < -0.4 is 5.32 Å². The molecule has 0 bridgehead atoms. The number of aromatic nitrogens is 3. The Labute approximate surface area is 102 Å². The van der Waals surface area contributed by atoms with Crippen molar-refractivity contribution in [2.24, 2.45) is 0 Å². The maximum atomic E-state index is 4.49. The van der Waals surface area contributed by atoms with Gasteiger partial charge in [-0.05, 0) is 32.9 Å². The van der Waals surface area contributed by atoms with E-state index in [1.54, 1.807) is 6.20 Å². The van der Waals surface area contributed by atoms with Gasteiger partial charge in [0.15, 0.2) is 0 Å². The summed E-state index contributed by atoms with van der Waals surface area (Å²) in [7, 11) is 0. The number of pyridine rings is 1. The van der Waals surface area contributed by atoms with Crippen LogP contribution in [0.5, 0.6) is 0 Å². The van der Waals surface area contributed by atoms with E-state index in [0.717, 1.165) is 23.9 Å². The van der Waals surface area contributed by atoms with E-state index in [2.05, 4.69) is 33.7 Å². The molecule has 1 N–H and O–H groups in total. The Bertz CT molecular complexity index is 488. The van der Waals surface area contributed by atoms with Crippen molar-refractivity contribution in [3.8, 4) is 0 Å². The monoisotopic (exact) mass is 230 g/mol. The third-order valence-electron chi connectivity index (χ3n) is 2.41. The summed E-state index contributed by atoms with van der Waals surface area (Å²) in [4.78, 5) is 8.79. The second-order valence-electron chi connectivity index (χ2n) is 4.45. The van der Waals surface area contributed by atoms with E-state index < -0.39 is 0 Å². The van der Waals surface area contributed by atoms with Crippen molar-refractivity contribution in [1.82, 2.24) is 14.5 Å². The molecule has 2 aromatic heterocycles. The molecule has 2 heterocycles. The van der Waals surface area contributed by atoms with Crippen LogP contribution in [0, 0.1) is 6.92 Å². The number of rotatable bonds is 4. The van der Waals surface area contributed by atoms with Gasteiger partial charge >= 0.3 is 0 Å². The number of anilines is 1. The molecule has 0 unspecified atom stereocenters. The first kappa shape index (κ1) is 11.6. The normalized spacial score (nSPS) is 10.8. The predicted molar refractivity (Wildman–Crippen MR) is 69.1 cm³/mol. The molecule has 0 saturated carbocycles. The van der Waals surface area contributed by atoms with Gasteiger partial charge < -0.3 is 9.88 Å². The Morgan fingerprint density at radius 3 is 2.88 bits per heavy atom. The van der Waals surface area contributed by atoms with Crippen LogP contribution in [0.3, 0.4) is 0 Å². The Hall–Kier alpha value is -1.84. The summed E-state index contributed by atoms with van der Waals surface area (Å²) in [6.45, 7) is 6.95. The number of hydrogen-bond donors (Lipinski definition) is 1. The maximum absolute atomic E-state index is 4.49. The van der Waals surface area contributed by atoms with Crippen molar-refractivity contribution in [3.63, 3.8) is 0 Å². The molecule has 0 aromatic carbocycles. The molecular weight excluding hydrogens is 212 g/mol. The van der Waals surface area contributed by atoms with Crippen LogP contribution in [-0.4, -0.2) is 20.6 Å². The van der Waals surface area contributed by atoms with E-state index in [1.165, 1.54) is 0 Å². The molecular formula is C13H18N4. The van der Waals surface area contributed by atoms with Crippen LogP contribution in [-0.2, 0) is 6.54 Å². The Kier molecular flexibility index (Phi) is 3.42. The van der Waals surface area contributed by atoms with Gasteiger partial charge in [-0.3, -0.25) is 4.98 Å². The molecule has 0 spiro atoms. The Balaban J connectivity index is 2.16. The minimum atomic E-state index is 0.376. The van der Waals surface area contributed by atoms with Gasteiger partial charge in [0.05, 0.1) is 12.2 Å². The first-order valence-corrected chi connectivity index (χ1v) is 5.85. The molecule has 90 valence electrons. The Morgan fingerprint density at radius 1 is 1.35 bits per heavy atom. The van der Waals surface area contributed by atoms with Crippen LogP contribution in [0.15, 0.2) is 30.6 Å². The minimum Gasteiger partial charge on any atom is -0.353 e. The standard InChI is InChI=1S/C13H18N4/c1-10(2)15-13-14-7-8-17(13)9-12-6-4-5-11(3)16-12/h4-8,10H,9H2,1-3H3,(H,14,15). The lowest BCUT2D eigenvalue weighted by Gasteiger charge is -2.12. The van der Waals surface area contributed by atoms with Crippen LogP contribution in [0.25, 0.3) is 0 Å². The fraction of sp³-hybridized carbons (Fsp3) is 0.385. The summed E-state index contributed by atoms with van der Waals surface area (Å²) in [6.07, 6.45) is 3.77. The average molecular weight is 230 g/mol. The van der Waals surface area contributed by atoms with Gasteiger partial charge in [0, 0.05) is 24.1 Å². The summed E-state index contributed by atoms with van der Waals surface area (Å²) in [5, 5.41) is 3.31. The van der Waals surface area contributed by atoms with Gasteiger partial charge in [-0.25, -0.2) is 4.98 Å². The van der Waals surface area contributed by atoms with E-state index in [4.69, 9.17) is 0 Å². The van der Waals surface area contributed by atoms with Gasteiger partial charge in [-0.2, -0.15) is 0 Å². The molecule has 0 aliphatic heterocycles. The maximum Gasteiger partial charge on any atom is 0.203 e. The highest BCUT2D eigenvalue weighted by Gasteiger charge is 2.05. The van der Waals surface area contributed by atoms with E-state index >= 15 is 0 Å². The second kappa shape index (κ2) is 4.99. The van der Waals surface area contributed by atoms with Gasteiger partial charge in [-0.15, -0.1) is 0 Å². The summed E-state index contributed by atoms with van der Waals surface area (Å²) < 4.78 is 2.07. The zero-order chi connectivity index (χ0) is 12.3. The van der Waals surface area contributed by atoms with Gasteiger partial charge in [0.2, 0.25) is 5.95 Å². The van der Waals surface area contributed by atoms with Gasteiger partial charge in [-0.1, -0.05) is 6.07 Å². The highest BCUT2D eigenvalue weighted by atomic mass is 15.2. The number of nitrogens with one attached hydrogen (secondary N) is 1. The van der Waals surface area contributed by atoms with Crippen molar-refractivity contribution in [2.45, 2.75) is 33.4 Å². The van der Waals surface area contributed by atoms with Crippen LogP contribution in [0.1, 0.15) is 25.2 Å². The minimum absolute atomic E-state index is 0.376. The molecule has 4 nitrogen and oxygen atoms in total. The van der Waals surface area contributed by atoms with E-state index in [9.17, 15) is 0 Å². The molecule has 0 aliphatic carbocycles. The third kappa shape index (κ3) is 3.06. The average Bonchev–Trinajstić information content (AvgIpc) is 2.65. The van der Waals surface area contributed by atoms with Crippen molar-refractivity contribution in [3.05, 3.63) is 42.0 Å². The second-order valence-corrected chi connectivity index (χ2v) is 4.45. The summed E-state index contributed by atoms with van der Waals surface area (Å²) in [5.74, 6) is 0.892. The first-order chi connectivity index (χ1) is 8.15. The highest BCUT2D eigenvalue weighted by Crippen LogP contribution is 2.09. The quantitative estimate of drug-likeness (QED) is 0.877. The zero-order valence-corrected chi connectivity index (χ0v) is 10.5.